The Morgan fingerprint density at radius 2 is 1.79 bits per heavy atom. The molecule has 0 aromatic heterocycles. The number of carbonyl (C=O) groups is 1. The molecule has 1 heterocycles. The average Bonchev–Trinajstić information content (AvgIpc) is 3.51. The Hall–Kier alpha value is -1.39. The largest absolute Gasteiger partial charge is 0.459 e. The van der Waals surface area contributed by atoms with E-state index in [0.29, 0.717) is 28.7 Å². The van der Waals surface area contributed by atoms with E-state index >= 15 is 0 Å². The maximum Gasteiger partial charge on any atom is 0.338 e. The molecule has 0 amide bonds. The van der Waals surface area contributed by atoms with Gasteiger partial charge in [-0.2, -0.15) is 0 Å². The SMILES string of the molecule is CC(C)CCC[C@@H](C)[C@@H]1CC[C@@H]2[C@H]3[C@H](O)[C@@H]4O[C@@]45C[C@@H](OC(=O)c4ccccc4)CC[C@]5(C)[C@@H]3CC[C@]21C. The number of epoxide rings is 1. The zero-order valence-electron chi connectivity index (χ0n) is 24.3. The van der Waals surface area contributed by atoms with E-state index in [1.807, 2.05) is 30.3 Å². The number of aliphatic hydroxyl groups excluding tert-OH is 1. The lowest BCUT2D eigenvalue weighted by Gasteiger charge is -2.60. The highest BCUT2D eigenvalue weighted by molar-refractivity contribution is 5.89. The maximum atomic E-state index is 12.8. The summed E-state index contributed by atoms with van der Waals surface area (Å²) in [6.07, 6.45) is 11.1. The van der Waals surface area contributed by atoms with Gasteiger partial charge in [-0.15, -0.1) is 0 Å². The van der Waals surface area contributed by atoms with E-state index in [0.717, 1.165) is 37.0 Å². The van der Waals surface area contributed by atoms with E-state index in [2.05, 4.69) is 34.6 Å². The molecule has 1 spiro atoms. The summed E-state index contributed by atoms with van der Waals surface area (Å²) in [5, 5.41) is 11.9. The molecule has 0 bridgehead atoms. The minimum Gasteiger partial charge on any atom is -0.459 e. The third-order valence-corrected chi connectivity index (χ3v) is 12.6. The predicted octanol–water partition coefficient (Wildman–Crippen LogP) is 7.44. The molecule has 38 heavy (non-hydrogen) atoms. The first-order chi connectivity index (χ1) is 18.1. The maximum absolute atomic E-state index is 12.8. The van der Waals surface area contributed by atoms with Gasteiger partial charge in [0.2, 0.25) is 0 Å². The van der Waals surface area contributed by atoms with E-state index in [4.69, 9.17) is 9.47 Å². The summed E-state index contributed by atoms with van der Waals surface area (Å²) < 4.78 is 12.6. The third kappa shape index (κ3) is 4.02. The smallest absolute Gasteiger partial charge is 0.338 e. The van der Waals surface area contributed by atoms with Gasteiger partial charge in [0.15, 0.2) is 0 Å². The van der Waals surface area contributed by atoms with Gasteiger partial charge in [0, 0.05) is 11.8 Å². The molecule has 1 aromatic rings. The summed E-state index contributed by atoms with van der Waals surface area (Å²) in [5.74, 6) is 3.53. The van der Waals surface area contributed by atoms with Crippen LogP contribution in [0.4, 0.5) is 0 Å². The van der Waals surface area contributed by atoms with Crippen molar-refractivity contribution in [2.24, 2.45) is 46.3 Å². The average molecular weight is 523 g/mol. The lowest BCUT2D eigenvalue weighted by atomic mass is 9.43. The molecule has 0 radical (unpaired) electrons. The van der Waals surface area contributed by atoms with Gasteiger partial charge in [-0.05, 0) is 91.6 Å². The summed E-state index contributed by atoms with van der Waals surface area (Å²) in [6.45, 7) is 12.2. The normalized spacial score (nSPS) is 45.9. The monoisotopic (exact) mass is 522 g/mol. The zero-order chi connectivity index (χ0) is 26.9. The van der Waals surface area contributed by atoms with Crippen LogP contribution in [0.1, 0.15) is 109 Å². The zero-order valence-corrected chi connectivity index (χ0v) is 24.3. The second-order valence-electron chi connectivity index (χ2n) is 14.8. The number of aliphatic hydroxyl groups is 1. The van der Waals surface area contributed by atoms with Crippen LogP contribution in [0.5, 0.6) is 0 Å². The van der Waals surface area contributed by atoms with Crippen molar-refractivity contribution in [3.8, 4) is 0 Å². The fraction of sp³-hybridized carbons (Fsp3) is 0.794. The Morgan fingerprint density at radius 1 is 1.03 bits per heavy atom. The number of carbonyl (C=O) groups excluding carboxylic acids is 1. The highest BCUT2D eigenvalue weighted by atomic mass is 16.6. The molecular formula is C34H50O4. The fourth-order valence-electron chi connectivity index (χ4n) is 10.5. The van der Waals surface area contributed by atoms with Crippen molar-refractivity contribution < 1.29 is 19.4 Å². The Labute approximate surface area is 230 Å². The van der Waals surface area contributed by atoms with Crippen molar-refractivity contribution in [1.82, 2.24) is 0 Å². The van der Waals surface area contributed by atoms with Crippen LogP contribution in [0, 0.1) is 46.3 Å². The second-order valence-corrected chi connectivity index (χ2v) is 14.8. The van der Waals surface area contributed by atoms with Crippen LogP contribution in [-0.2, 0) is 9.47 Å². The molecule has 6 rings (SSSR count). The molecule has 1 N–H and O–H groups in total. The van der Waals surface area contributed by atoms with Gasteiger partial charge < -0.3 is 14.6 Å². The van der Waals surface area contributed by atoms with E-state index in [9.17, 15) is 9.90 Å². The summed E-state index contributed by atoms with van der Waals surface area (Å²) in [6, 6.07) is 9.30. The van der Waals surface area contributed by atoms with Gasteiger partial charge in [0.25, 0.3) is 0 Å². The van der Waals surface area contributed by atoms with E-state index < -0.39 is 6.10 Å². The first-order valence-electron chi connectivity index (χ1n) is 15.7. The first kappa shape index (κ1) is 26.8. The molecule has 1 aromatic carbocycles. The standard InChI is InChI=1S/C34H50O4/c1-21(2)10-9-11-22(3)25-14-15-26-28-27(17-18-32(25,26)4)33(5)19-16-24(20-34(33)30(38-34)29(28)35)37-31(36)23-12-7-6-8-13-23/h6-8,12-13,21-22,24-30,35H,9-11,14-20H2,1-5H3/t22-,24+,25+,26-,27-,28-,29+,30+,32+,33-,34+/m1/s1. The Morgan fingerprint density at radius 3 is 2.53 bits per heavy atom. The molecular weight excluding hydrogens is 472 g/mol. The third-order valence-electron chi connectivity index (χ3n) is 12.6. The molecule has 0 unspecified atom stereocenters. The van der Waals surface area contributed by atoms with Crippen LogP contribution in [0.2, 0.25) is 0 Å². The lowest BCUT2D eigenvalue weighted by molar-refractivity contribution is -0.151. The molecule has 4 heteroatoms. The Balaban J connectivity index is 1.17. The predicted molar refractivity (Wildman–Crippen MR) is 150 cm³/mol. The lowest BCUT2D eigenvalue weighted by Crippen LogP contribution is -2.63. The van der Waals surface area contributed by atoms with Gasteiger partial charge in [0.1, 0.15) is 17.8 Å². The molecule has 4 saturated carbocycles. The minimum atomic E-state index is -0.392. The van der Waals surface area contributed by atoms with Crippen molar-refractivity contribution >= 4 is 5.97 Å². The van der Waals surface area contributed by atoms with Crippen molar-refractivity contribution in [3.63, 3.8) is 0 Å². The van der Waals surface area contributed by atoms with E-state index in [1.54, 1.807) is 0 Å². The number of ether oxygens (including phenoxy) is 2. The van der Waals surface area contributed by atoms with Gasteiger partial charge in [-0.25, -0.2) is 4.79 Å². The van der Waals surface area contributed by atoms with Crippen LogP contribution in [0.25, 0.3) is 0 Å². The molecule has 4 aliphatic carbocycles. The fourth-order valence-corrected chi connectivity index (χ4v) is 10.5. The Kier molecular flexibility index (Phi) is 6.78. The quantitative estimate of drug-likeness (QED) is 0.299. The van der Waals surface area contributed by atoms with Gasteiger partial charge in [-0.3, -0.25) is 0 Å². The highest BCUT2D eigenvalue weighted by Crippen LogP contribution is 2.74. The van der Waals surface area contributed by atoms with Crippen molar-refractivity contribution in [2.75, 3.05) is 0 Å². The first-order valence-corrected chi connectivity index (χ1v) is 15.7. The number of hydrogen-bond acceptors (Lipinski definition) is 4. The Bertz CT molecular complexity index is 1020. The van der Waals surface area contributed by atoms with Crippen molar-refractivity contribution in [2.45, 2.75) is 123 Å². The molecule has 4 nitrogen and oxygen atoms in total. The van der Waals surface area contributed by atoms with Gasteiger partial charge in [0.05, 0.1) is 11.7 Å². The molecule has 5 aliphatic rings. The van der Waals surface area contributed by atoms with E-state index in [-0.39, 0.29) is 29.2 Å². The van der Waals surface area contributed by atoms with Gasteiger partial charge in [-0.1, -0.05) is 72.1 Å². The van der Waals surface area contributed by atoms with Crippen LogP contribution in [0.3, 0.4) is 0 Å². The topological polar surface area (TPSA) is 59.1 Å². The van der Waals surface area contributed by atoms with E-state index in [1.165, 1.54) is 44.9 Å². The van der Waals surface area contributed by atoms with Crippen LogP contribution in [0.15, 0.2) is 30.3 Å². The number of fused-ring (bicyclic) bond motifs is 4. The minimum absolute atomic E-state index is 0.0551. The number of rotatable bonds is 7. The van der Waals surface area contributed by atoms with Crippen LogP contribution < -0.4 is 0 Å². The molecule has 1 saturated heterocycles. The molecule has 1 aliphatic heterocycles. The number of esters is 1. The summed E-state index contributed by atoms with van der Waals surface area (Å²) in [4.78, 5) is 12.8. The summed E-state index contributed by atoms with van der Waals surface area (Å²) in [7, 11) is 0. The summed E-state index contributed by atoms with van der Waals surface area (Å²) >= 11 is 0. The second kappa shape index (κ2) is 9.61. The van der Waals surface area contributed by atoms with Crippen molar-refractivity contribution in [3.05, 3.63) is 35.9 Å². The van der Waals surface area contributed by atoms with Gasteiger partial charge >= 0.3 is 5.97 Å². The van der Waals surface area contributed by atoms with Crippen LogP contribution in [-0.4, -0.2) is 35.0 Å². The van der Waals surface area contributed by atoms with Crippen molar-refractivity contribution in [1.29, 1.82) is 0 Å². The highest BCUT2D eigenvalue weighted by Gasteiger charge is 2.79. The molecule has 210 valence electrons. The number of benzene rings is 1. The molecule has 5 fully saturated rings. The van der Waals surface area contributed by atoms with Crippen LogP contribution >= 0.6 is 0 Å². The summed E-state index contributed by atoms with van der Waals surface area (Å²) in [5.41, 5.74) is 0.673. The molecule has 11 atom stereocenters. The number of hydrogen-bond donors (Lipinski definition) is 1.